The van der Waals surface area contributed by atoms with E-state index in [2.05, 4.69) is 56.1 Å². The summed E-state index contributed by atoms with van der Waals surface area (Å²) in [7, 11) is 0. The van der Waals surface area contributed by atoms with Crippen LogP contribution in [0.4, 0.5) is 5.95 Å². The van der Waals surface area contributed by atoms with Crippen LogP contribution >= 0.6 is 24.0 Å². The molecule has 9 heteroatoms. The van der Waals surface area contributed by atoms with Crippen molar-refractivity contribution in [3.05, 3.63) is 18.5 Å². The monoisotopic (exact) mass is 558 g/mol. The third-order valence-electron chi connectivity index (χ3n) is 6.33. The normalized spacial score (nSPS) is 18.8. The van der Waals surface area contributed by atoms with Crippen molar-refractivity contribution in [3.8, 4) is 0 Å². The fraction of sp³-hybridized carbons (Fsp3) is 0.783. The molecule has 0 amide bonds. The largest absolute Gasteiger partial charge is 0.357 e. The summed E-state index contributed by atoms with van der Waals surface area (Å²) in [6.45, 7) is 17.1. The standard InChI is InChI=1S/C23H42N8.HI/c1-4-24-21(28-20-23(2,3)31-14-6-5-7-15-31)25-12-9-13-29-16-18-30(19-17-29)22-26-10-8-11-27-22;/h8,10-11H,4-7,9,12-20H2,1-3H3,(H2,24,25,28);1H. The van der Waals surface area contributed by atoms with Gasteiger partial charge in [-0.25, -0.2) is 9.97 Å². The third-order valence-corrected chi connectivity index (χ3v) is 6.33. The van der Waals surface area contributed by atoms with Gasteiger partial charge in [0.1, 0.15) is 0 Å². The van der Waals surface area contributed by atoms with Gasteiger partial charge in [0.15, 0.2) is 5.96 Å². The summed E-state index contributed by atoms with van der Waals surface area (Å²) in [6.07, 6.45) is 8.75. The molecule has 2 aliphatic rings. The Hall–Kier alpha value is -1.20. The molecule has 2 fully saturated rings. The van der Waals surface area contributed by atoms with Crippen molar-refractivity contribution in [3.63, 3.8) is 0 Å². The number of nitrogens with one attached hydrogen (secondary N) is 2. The molecule has 0 aromatic carbocycles. The molecule has 3 rings (SSSR count). The summed E-state index contributed by atoms with van der Waals surface area (Å²) in [4.78, 5) is 21.0. The van der Waals surface area contributed by atoms with E-state index < -0.39 is 0 Å². The molecule has 0 spiro atoms. The smallest absolute Gasteiger partial charge is 0.225 e. The van der Waals surface area contributed by atoms with E-state index in [4.69, 9.17) is 4.99 Å². The molecule has 0 saturated carbocycles. The number of piperazine rings is 1. The molecule has 8 nitrogen and oxygen atoms in total. The molecule has 0 radical (unpaired) electrons. The number of hydrogen-bond acceptors (Lipinski definition) is 6. The number of guanidine groups is 1. The maximum Gasteiger partial charge on any atom is 0.225 e. The number of rotatable bonds is 9. The van der Waals surface area contributed by atoms with E-state index in [1.165, 1.54) is 32.4 Å². The average Bonchev–Trinajstić information content (AvgIpc) is 2.82. The zero-order chi connectivity index (χ0) is 21.9. The lowest BCUT2D eigenvalue weighted by Gasteiger charge is -2.40. The molecule has 0 aliphatic carbocycles. The van der Waals surface area contributed by atoms with Gasteiger partial charge in [-0.05, 0) is 65.7 Å². The van der Waals surface area contributed by atoms with Crippen molar-refractivity contribution >= 4 is 35.9 Å². The van der Waals surface area contributed by atoms with Gasteiger partial charge in [0.2, 0.25) is 5.95 Å². The first-order chi connectivity index (χ1) is 15.1. The van der Waals surface area contributed by atoms with E-state index in [1.54, 1.807) is 0 Å². The second-order valence-electron chi connectivity index (χ2n) is 9.21. The Morgan fingerprint density at radius 1 is 1.00 bits per heavy atom. The number of likely N-dealkylation sites (tertiary alicyclic amines) is 1. The minimum atomic E-state index is 0. The second kappa shape index (κ2) is 14.1. The minimum Gasteiger partial charge on any atom is -0.357 e. The van der Waals surface area contributed by atoms with Crippen LogP contribution in [0.15, 0.2) is 23.5 Å². The van der Waals surface area contributed by atoms with Gasteiger partial charge in [-0.1, -0.05) is 6.42 Å². The van der Waals surface area contributed by atoms with Crippen LogP contribution < -0.4 is 15.5 Å². The van der Waals surface area contributed by atoms with Crippen LogP contribution in [0.5, 0.6) is 0 Å². The molecular weight excluding hydrogens is 515 g/mol. The predicted molar refractivity (Wildman–Crippen MR) is 144 cm³/mol. The fourth-order valence-electron chi connectivity index (χ4n) is 4.35. The van der Waals surface area contributed by atoms with E-state index in [0.717, 1.165) is 70.7 Å². The van der Waals surface area contributed by atoms with Gasteiger partial charge in [-0.3, -0.25) is 14.8 Å². The SMILES string of the molecule is CCNC(=NCC(C)(C)N1CCCCC1)NCCCN1CCN(c2ncccn2)CC1.I. The van der Waals surface area contributed by atoms with Crippen molar-refractivity contribution in [2.45, 2.75) is 52.0 Å². The Kier molecular flexibility index (Phi) is 12.0. The Morgan fingerprint density at radius 3 is 2.34 bits per heavy atom. The van der Waals surface area contributed by atoms with Gasteiger partial charge in [-0.15, -0.1) is 24.0 Å². The number of anilines is 1. The molecule has 0 atom stereocenters. The molecule has 0 bridgehead atoms. The lowest BCUT2D eigenvalue weighted by Crippen LogP contribution is -2.50. The van der Waals surface area contributed by atoms with Crippen LogP contribution in [-0.2, 0) is 0 Å². The van der Waals surface area contributed by atoms with Gasteiger partial charge in [0.05, 0.1) is 6.54 Å². The zero-order valence-corrected chi connectivity index (χ0v) is 22.6. The molecule has 1 aromatic rings. The highest BCUT2D eigenvalue weighted by molar-refractivity contribution is 14.0. The second-order valence-corrected chi connectivity index (χ2v) is 9.21. The molecule has 182 valence electrons. The van der Waals surface area contributed by atoms with E-state index >= 15 is 0 Å². The Balaban J connectivity index is 0.00000363. The van der Waals surface area contributed by atoms with Gasteiger partial charge in [0, 0.05) is 57.2 Å². The van der Waals surface area contributed by atoms with Crippen molar-refractivity contribution in [1.82, 2.24) is 30.4 Å². The topological polar surface area (TPSA) is 71.9 Å². The highest BCUT2D eigenvalue weighted by atomic mass is 127. The van der Waals surface area contributed by atoms with Crippen LogP contribution in [0.3, 0.4) is 0 Å². The van der Waals surface area contributed by atoms with E-state index in [1.807, 2.05) is 18.5 Å². The molecule has 2 saturated heterocycles. The summed E-state index contributed by atoms with van der Waals surface area (Å²) in [5.41, 5.74) is 0.116. The molecule has 32 heavy (non-hydrogen) atoms. The van der Waals surface area contributed by atoms with Gasteiger partial charge in [-0.2, -0.15) is 0 Å². The number of halogens is 1. The first-order valence-corrected chi connectivity index (χ1v) is 12.1. The number of nitrogens with zero attached hydrogens (tertiary/aromatic N) is 6. The van der Waals surface area contributed by atoms with Crippen LogP contribution in [0, 0.1) is 0 Å². The molecule has 2 N–H and O–H groups in total. The summed E-state index contributed by atoms with van der Waals surface area (Å²) in [5.74, 6) is 1.79. The van der Waals surface area contributed by atoms with Crippen LogP contribution in [0.25, 0.3) is 0 Å². The first-order valence-electron chi connectivity index (χ1n) is 12.1. The number of aromatic nitrogens is 2. The minimum absolute atomic E-state index is 0. The quantitative estimate of drug-likeness (QED) is 0.209. The molecular formula is C23H43IN8. The van der Waals surface area contributed by atoms with Gasteiger partial charge < -0.3 is 15.5 Å². The maximum absolute atomic E-state index is 4.91. The van der Waals surface area contributed by atoms with Gasteiger partial charge >= 0.3 is 0 Å². The van der Waals surface area contributed by atoms with Crippen molar-refractivity contribution < 1.29 is 0 Å². The molecule has 3 heterocycles. The summed E-state index contributed by atoms with van der Waals surface area (Å²) in [5, 5.41) is 6.94. The molecule has 0 unspecified atom stereocenters. The third kappa shape index (κ3) is 8.62. The Bertz CT molecular complexity index is 655. The first kappa shape index (κ1) is 27.0. The maximum atomic E-state index is 4.91. The molecule has 2 aliphatic heterocycles. The number of aliphatic imine (C=N–C) groups is 1. The average molecular weight is 559 g/mol. The van der Waals surface area contributed by atoms with Crippen LogP contribution in [0.1, 0.15) is 46.5 Å². The lowest BCUT2D eigenvalue weighted by atomic mass is 9.99. The van der Waals surface area contributed by atoms with E-state index in [-0.39, 0.29) is 29.5 Å². The summed E-state index contributed by atoms with van der Waals surface area (Å²) in [6, 6.07) is 1.87. The van der Waals surface area contributed by atoms with Gasteiger partial charge in [0.25, 0.3) is 0 Å². The van der Waals surface area contributed by atoms with Crippen molar-refractivity contribution in [1.29, 1.82) is 0 Å². The van der Waals surface area contributed by atoms with Crippen LogP contribution in [0.2, 0.25) is 0 Å². The zero-order valence-electron chi connectivity index (χ0n) is 20.2. The van der Waals surface area contributed by atoms with Crippen molar-refractivity contribution in [2.75, 3.05) is 70.3 Å². The van der Waals surface area contributed by atoms with E-state index in [9.17, 15) is 0 Å². The van der Waals surface area contributed by atoms with E-state index in [0.29, 0.717) is 0 Å². The number of hydrogen-bond donors (Lipinski definition) is 2. The summed E-state index contributed by atoms with van der Waals surface area (Å²) >= 11 is 0. The highest BCUT2D eigenvalue weighted by Gasteiger charge is 2.27. The number of piperidine rings is 1. The Morgan fingerprint density at radius 2 is 1.69 bits per heavy atom. The summed E-state index contributed by atoms with van der Waals surface area (Å²) < 4.78 is 0. The van der Waals surface area contributed by atoms with Crippen LogP contribution in [-0.4, -0.2) is 96.7 Å². The Labute approximate surface area is 211 Å². The molecule has 1 aromatic heterocycles. The lowest BCUT2D eigenvalue weighted by molar-refractivity contribution is 0.102. The fourth-order valence-corrected chi connectivity index (χ4v) is 4.35. The predicted octanol–water partition coefficient (Wildman–Crippen LogP) is 2.43. The highest BCUT2D eigenvalue weighted by Crippen LogP contribution is 2.20. The van der Waals surface area contributed by atoms with Crippen molar-refractivity contribution in [2.24, 2.45) is 4.99 Å².